The Morgan fingerprint density at radius 2 is 1.11 bits per heavy atom. The third-order valence-electron chi connectivity index (χ3n) is 4.53. The van der Waals surface area contributed by atoms with Crippen molar-refractivity contribution in [1.82, 2.24) is 5.32 Å². The molecule has 0 aromatic carbocycles. The van der Waals surface area contributed by atoms with Gasteiger partial charge in [-0.15, -0.1) is 0 Å². The number of aliphatic carboxylic acids is 3. The number of amides is 1. The van der Waals surface area contributed by atoms with Crippen LogP contribution in [0.4, 0.5) is 0 Å². The number of rotatable bonds is 23. The molecule has 0 aliphatic heterocycles. The molecule has 0 saturated carbocycles. The average molecular weight is 522 g/mol. The standard InChI is InChI=1S/C23H39NO12/c1-17(2)13-36-22(32)6-4-3-5-18(25)24-23(14-33-10-7-19(26)27,15-34-11-8-20(28)29)16-35-12-9-21(30)31/h17H,3-16H2,1-2H3,(H,24,25)(H,26,27)(H,28,29)(H,30,31). The van der Waals surface area contributed by atoms with E-state index >= 15 is 0 Å². The third-order valence-corrected chi connectivity index (χ3v) is 4.53. The van der Waals surface area contributed by atoms with Gasteiger partial charge in [-0.1, -0.05) is 13.8 Å². The molecule has 4 N–H and O–H groups in total. The van der Waals surface area contributed by atoms with Gasteiger partial charge in [0.05, 0.1) is 65.5 Å². The highest BCUT2D eigenvalue weighted by Crippen LogP contribution is 2.12. The Morgan fingerprint density at radius 1 is 0.694 bits per heavy atom. The van der Waals surface area contributed by atoms with E-state index in [9.17, 15) is 24.0 Å². The zero-order valence-electron chi connectivity index (χ0n) is 21.0. The number of carboxylic acids is 3. The van der Waals surface area contributed by atoms with E-state index < -0.39 is 29.4 Å². The molecule has 13 heteroatoms. The second-order valence-corrected chi connectivity index (χ2v) is 8.70. The number of nitrogens with one attached hydrogen (secondary N) is 1. The summed E-state index contributed by atoms with van der Waals surface area (Å²) in [6, 6.07) is 0. The molecule has 0 spiro atoms. The van der Waals surface area contributed by atoms with Gasteiger partial charge in [0.25, 0.3) is 0 Å². The van der Waals surface area contributed by atoms with Crippen LogP contribution in [0.15, 0.2) is 0 Å². The normalized spacial score (nSPS) is 11.3. The van der Waals surface area contributed by atoms with Crippen molar-refractivity contribution in [1.29, 1.82) is 0 Å². The van der Waals surface area contributed by atoms with Crippen molar-refractivity contribution in [2.75, 3.05) is 46.2 Å². The first-order valence-corrected chi connectivity index (χ1v) is 11.8. The van der Waals surface area contributed by atoms with Crippen LogP contribution >= 0.6 is 0 Å². The van der Waals surface area contributed by atoms with E-state index in [0.29, 0.717) is 19.4 Å². The second-order valence-electron chi connectivity index (χ2n) is 8.70. The Kier molecular flexibility index (Phi) is 17.9. The largest absolute Gasteiger partial charge is 0.481 e. The fourth-order valence-electron chi connectivity index (χ4n) is 2.76. The van der Waals surface area contributed by atoms with Gasteiger partial charge in [-0.2, -0.15) is 0 Å². The van der Waals surface area contributed by atoms with Gasteiger partial charge in [0.2, 0.25) is 5.91 Å². The maximum atomic E-state index is 12.7. The predicted octanol–water partition coefficient (Wildman–Crippen LogP) is 1.07. The summed E-state index contributed by atoms with van der Waals surface area (Å²) in [5.74, 6) is -3.77. The molecule has 0 atom stereocenters. The molecular weight excluding hydrogens is 482 g/mol. The molecule has 0 saturated heterocycles. The molecule has 0 fully saturated rings. The number of carbonyl (C=O) groups is 5. The zero-order valence-corrected chi connectivity index (χ0v) is 21.0. The van der Waals surface area contributed by atoms with E-state index in [-0.39, 0.29) is 83.6 Å². The van der Waals surface area contributed by atoms with Crippen LogP contribution in [0.5, 0.6) is 0 Å². The number of hydrogen-bond acceptors (Lipinski definition) is 9. The summed E-state index contributed by atoms with van der Waals surface area (Å²) in [4.78, 5) is 56.7. The Balaban J connectivity index is 5.07. The Bertz CT molecular complexity index is 640. The van der Waals surface area contributed by atoms with E-state index in [0.717, 1.165) is 0 Å². The molecule has 36 heavy (non-hydrogen) atoms. The number of ether oxygens (including phenoxy) is 4. The quantitative estimate of drug-likeness (QED) is 0.110. The maximum Gasteiger partial charge on any atom is 0.305 e. The van der Waals surface area contributed by atoms with Crippen molar-refractivity contribution in [3.05, 3.63) is 0 Å². The van der Waals surface area contributed by atoms with Crippen LogP contribution in [0.2, 0.25) is 0 Å². The Morgan fingerprint density at radius 3 is 1.50 bits per heavy atom. The smallest absolute Gasteiger partial charge is 0.305 e. The van der Waals surface area contributed by atoms with Crippen LogP contribution in [-0.4, -0.2) is 96.9 Å². The summed E-state index contributed by atoms with van der Waals surface area (Å²) < 4.78 is 21.4. The molecule has 208 valence electrons. The minimum Gasteiger partial charge on any atom is -0.481 e. The number of carbonyl (C=O) groups excluding carboxylic acids is 2. The first-order valence-electron chi connectivity index (χ1n) is 11.8. The maximum absolute atomic E-state index is 12.7. The molecule has 1 amide bonds. The summed E-state index contributed by atoms with van der Waals surface area (Å²) in [5.41, 5.74) is -1.32. The van der Waals surface area contributed by atoms with Gasteiger partial charge in [-0.25, -0.2) is 0 Å². The lowest BCUT2D eigenvalue weighted by atomic mass is 10.0. The van der Waals surface area contributed by atoms with Crippen LogP contribution in [-0.2, 0) is 42.9 Å². The minimum atomic E-state index is -1.32. The fourth-order valence-corrected chi connectivity index (χ4v) is 2.76. The van der Waals surface area contributed by atoms with Crippen molar-refractivity contribution in [2.45, 2.75) is 64.3 Å². The van der Waals surface area contributed by atoms with Gasteiger partial charge in [0.1, 0.15) is 5.54 Å². The number of unbranched alkanes of at least 4 members (excludes halogenated alkanes) is 1. The molecular formula is C23H39NO12. The van der Waals surface area contributed by atoms with Gasteiger partial charge in [0, 0.05) is 12.8 Å². The highest BCUT2D eigenvalue weighted by atomic mass is 16.5. The van der Waals surface area contributed by atoms with Crippen molar-refractivity contribution in [3.63, 3.8) is 0 Å². The minimum absolute atomic E-state index is 0.0542. The van der Waals surface area contributed by atoms with E-state index in [2.05, 4.69) is 5.32 Å². The lowest BCUT2D eigenvalue weighted by Crippen LogP contribution is -2.58. The summed E-state index contributed by atoms with van der Waals surface area (Å²) in [6.45, 7) is 3.06. The number of esters is 1. The molecule has 0 aromatic rings. The van der Waals surface area contributed by atoms with Crippen molar-refractivity contribution in [3.8, 4) is 0 Å². The Hall–Kier alpha value is -2.77. The molecule has 0 aliphatic carbocycles. The van der Waals surface area contributed by atoms with Gasteiger partial charge in [-0.05, 0) is 18.8 Å². The van der Waals surface area contributed by atoms with Crippen molar-refractivity contribution in [2.24, 2.45) is 5.92 Å². The first-order chi connectivity index (χ1) is 17.0. The summed E-state index contributed by atoms with van der Waals surface area (Å²) in [6.07, 6.45) is 0.192. The molecule has 0 bridgehead atoms. The van der Waals surface area contributed by atoms with Crippen LogP contribution in [0, 0.1) is 5.92 Å². The molecule has 0 aliphatic rings. The van der Waals surface area contributed by atoms with E-state index in [1.807, 2.05) is 13.8 Å². The molecule has 13 nitrogen and oxygen atoms in total. The highest BCUT2D eigenvalue weighted by Gasteiger charge is 2.34. The van der Waals surface area contributed by atoms with Crippen LogP contribution in [0.1, 0.15) is 58.8 Å². The molecule has 0 heterocycles. The second kappa shape index (κ2) is 19.4. The molecule has 0 radical (unpaired) electrons. The van der Waals surface area contributed by atoms with Crippen LogP contribution in [0.25, 0.3) is 0 Å². The number of hydrogen-bond donors (Lipinski definition) is 4. The SMILES string of the molecule is CC(C)COC(=O)CCCCC(=O)NC(COCCC(=O)O)(COCCC(=O)O)COCCC(=O)O. The van der Waals surface area contributed by atoms with Crippen LogP contribution < -0.4 is 5.32 Å². The van der Waals surface area contributed by atoms with Gasteiger partial charge in [0.15, 0.2) is 0 Å². The van der Waals surface area contributed by atoms with E-state index in [1.54, 1.807) is 0 Å². The number of carboxylic acid groups (broad SMARTS) is 3. The lowest BCUT2D eigenvalue weighted by molar-refractivity contribution is -0.145. The highest BCUT2D eigenvalue weighted by molar-refractivity contribution is 5.77. The monoisotopic (exact) mass is 521 g/mol. The fraction of sp³-hybridized carbons (Fsp3) is 0.783. The third kappa shape index (κ3) is 19.5. The molecule has 0 unspecified atom stereocenters. The Labute approximate surface area is 210 Å². The summed E-state index contributed by atoms with van der Waals surface area (Å²) >= 11 is 0. The van der Waals surface area contributed by atoms with Crippen LogP contribution in [0.3, 0.4) is 0 Å². The van der Waals surface area contributed by atoms with Gasteiger partial charge >= 0.3 is 23.9 Å². The zero-order chi connectivity index (χ0) is 27.4. The van der Waals surface area contributed by atoms with Gasteiger partial charge < -0.3 is 39.6 Å². The predicted molar refractivity (Wildman–Crippen MR) is 124 cm³/mol. The topological polar surface area (TPSA) is 195 Å². The van der Waals surface area contributed by atoms with E-state index in [4.69, 9.17) is 34.3 Å². The first kappa shape index (κ1) is 33.2. The van der Waals surface area contributed by atoms with Crippen molar-refractivity contribution >= 4 is 29.8 Å². The summed E-state index contributed by atoms with van der Waals surface area (Å²) in [5, 5.41) is 29.2. The lowest BCUT2D eigenvalue weighted by Gasteiger charge is -2.34. The average Bonchev–Trinajstić information content (AvgIpc) is 2.78. The van der Waals surface area contributed by atoms with Crippen molar-refractivity contribution < 1.29 is 58.2 Å². The molecule has 0 rings (SSSR count). The van der Waals surface area contributed by atoms with E-state index in [1.165, 1.54) is 0 Å². The molecule has 0 aromatic heterocycles. The van der Waals surface area contributed by atoms with Gasteiger partial charge in [-0.3, -0.25) is 24.0 Å². The summed E-state index contributed by atoms with van der Waals surface area (Å²) in [7, 11) is 0.